The molecule has 1 atom stereocenters. The summed E-state index contributed by atoms with van der Waals surface area (Å²) in [6, 6.07) is 8.46. The summed E-state index contributed by atoms with van der Waals surface area (Å²) in [6.07, 6.45) is 2.72. The number of nitrogens with two attached hydrogens (primary N) is 1. The van der Waals surface area contributed by atoms with E-state index in [9.17, 15) is 0 Å². The first-order chi connectivity index (χ1) is 8.72. The van der Waals surface area contributed by atoms with Crippen molar-refractivity contribution >= 4 is 16.6 Å². The summed E-state index contributed by atoms with van der Waals surface area (Å²) in [6.45, 7) is 5.05. The molecule has 3 N–H and O–H groups in total. The summed E-state index contributed by atoms with van der Waals surface area (Å²) in [5.74, 6) is 1.36. The molecule has 0 bridgehead atoms. The van der Waals surface area contributed by atoms with Crippen molar-refractivity contribution in [2.24, 2.45) is 11.7 Å². The van der Waals surface area contributed by atoms with Crippen LogP contribution < -0.4 is 11.1 Å². The molecule has 4 heteroatoms. The lowest BCUT2D eigenvalue weighted by Crippen LogP contribution is -2.29. The van der Waals surface area contributed by atoms with E-state index >= 15 is 0 Å². The molecule has 2 aromatic rings. The van der Waals surface area contributed by atoms with E-state index in [-0.39, 0.29) is 0 Å². The Kier molecular flexibility index (Phi) is 4.10. The number of rotatable bonds is 5. The quantitative estimate of drug-likeness (QED) is 0.847. The van der Waals surface area contributed by atoms with Crippen LogP contribution in [0.4, 0.5) is 5.82 Å². The molecule has 0 radical (unpaired) electrons. The Labute approximate surface area is 108 Å². The predicted molar refractivity (Wildman–Crippen MR) is 75.5 cm³/mol. The van der Waals surface area contributed by atoms with Crippen LogP contribution in [0.5, 0.6) is 0 Å². The molecule has 0 saturated carbocycles. The highest BCUT2D eigenvalue weighted by Crippen LogP contribution is 2.21. The normalized spacial score (nSPS) is 12.9. The molecule has 1 aromatic heterocycles. The lowest BCUT2D eigenvalue weighted by molar-refractivity contribution is 0.497. The fraction of sp³-hybridized carbons (Fsp3) is 0.429. The fourth-order valence-electron chi connectivity index (χ4n) is 2.06. The highest BCUT2D eigenvalue weighted by atomic mass is 15.2. The SMILES string of the molecule is CC(C)C(CCN)Nc1nncc2ccccc12. The number of hydrogen-bond acceptors (Lipinski definition) is 4. The smallest absolute Gasteiger partial charge is 0.156 e. The molecule has 0 spiro atoms. The minimum Gasteiger partial charge on any atom is -0.365 e. The number of hydrogen-bond donors (Lipinski definition) is 2. The first kappa shape index (κ1) is 12.8. The molecular weight excluding hydrogens is 224 g/mol. The van der Waals surface area contributed by atoms with E-state index in [0.717, 1.165) is 23.0 Å². The van der Waals surface area contributed by atoms with Gasteiger partial charge in [-0.1, -0.05) is 38.1 Å². The van der Waals surface area contributed by atoms with Crippen LogP contribution in [-0.4, -0.2) is 22.8 Å². The van der Waals surface area contributed by atoms with Crippen LogP contribution in [-0.2, 0) is 0 Å². The number of benzene rings is 1. The molecule has 96 valence electrons. The van der Waals surface area contributed by atoms with Gasteiger partial charge in [0, 0.05) is 16.8 Å². The minimum absolute atomic E-state index is 0.329. The monoisotopic (exact) mass is 244 g/mol. The molecule has 0 amide bonds. The second-order valence-electron chi connectivity index (χ2n) is 4.85. The van der Waals surface area contributed by atoms with Crippen molar-refractivity contribution in [3.8, 4) is 0 Å². The summed E-state index contributed by atoms with van der Waals surface area (Å²) >= 11 is 0. The van der Waals surface area contributed by atoms with Crippen molar-refractivity contribution in [2.45, 2.75) is 26.3 Å². The van der Waals surface area contributed by atoms with Crippen molar-refractivity contribution in [2.75, 3.05) is 11.9 Å². The largest absolute Gasteiger partial charge is 0.365 e. The van der Waals surface area contributed by atoms with Gasteiger partial charge in [-0.2, -0.15) is 5.10 Å². The van der Waals surface area contributed by atoms with E-state index in [1.807, 2.05) is 18.2 Å². The van der Waals surface area contributed by atoms with Crippen LogP contribution in [0.2, 0.25) is 0 Å². The Morgan fingerprint density at radius 3 is 2.78 bits per heavy atom. The first-order valence-corrected chi connectivity index (χ1v) is 6.39. The van der Waals surface area contributed by atoms with E-state index in [4.69, 9.17) is 5.73 Å². The average molecular weight is 244 g/mol. The maximum Gasteiger partial charge on any atom is 0.156 e. The van der Waals surface area contributed by atoms with Crippen LogP contribution in [0, 0.1) is 5.92 Å². The number of nitrogens with one attached hydrogen (secondary N) is 1. The van der Waals surface area contributed by atoms with Gasteiger partial charge in [-0.05, 0) is 18.9 Å². The van der Waals surface area contributed by atoms with E-state index < -0.39 is 0 Å². The van der Waals surface area contributed by atoms with Gasteiger partial charge in [0.2, 0.25) is 0 Å². The molecule has 0 aliphatic carbocycles. The summed E-state index contributed by atoms with van der Waals surface area (Å²) < 4.78 is 0. The Morgan fingerprint density at radius 1 is 1.28 bits per heavy atom. The summed E-state index contributed by atoms with van der Waals surface area (Å²) in [7, 11) is 0. The number of nitrogens with zero attached hydrogens (tertiary/aromatic N) is 2. The Morgan fingerprint density at radius 2 is 2.06 bits per heavy atom. The standard InChI is InChI=1S/C14H20N4/c1-10(2)13(7-8-15)17-14-12-6-4-3-5-11(12)9-16-18-14/h3-6,9-10,13H,7-8,15H2,1-2H3,(H,17,18). The van der Waals surface area contributed by atoms with E-state index in [1.165, 1.54) is 0 Å². The maximum atomic E-state index is 5.66. The third-order valence-electron chi connectivity index (χ3n) is 3.17. The summed E-state index contributed by atoms with van der Waals surface area (Å²) in [5, 5.41) is 13.9. The highest BCUT2D eigenvalue weighted by Gasteiger charge is 2.14. The fourth-order valence-corrected chi connectivity index (χ4v) is 2.06. The van der Waals surface area contributed by atoms with Crippen LogP contribution in [0.3, 0.4) is 0 Å². The Hall–Kier alpha value is -1.68. The number of anilines is 1. The van der Waals surface area contributed by atoms with Gasteiger partial charge < -0.3 is 11.1 Å². The molecule has 0 aliphatic heterocycles. The molecular formula is C14H20N4. The average Bonchev–Trinajstić information content (AvgIpc) is 2.38. The predicted octanol–water partition coefficient (Wildman–Crippen LogP) is 2.42. The molecule has 0 fully saturated rings. The van der Waals surface area contributed by atoms with E-state index in [2.05, 4.69) is 35.4 Å². The van der Waals surface area contributed by atoms with Crippen LogP contribution in [0.15, 0.2) is 30.5 Å². The molecule has 4 nitrogen and oxygen atoms in total. The van der Waals surface area contributed by atoms with Gasteiger partial charge in [-0.15, -0.1) is 5.10 Å². The molecule has 0 aliphatic rings. The zero-order valence-corrected chi connectivity index (χ0v) is 10.9. The Balaban J connectivity index is 2.30. The van der Waals surface area contributed by atoms with Crippen molar-refractivity contribution in [3.05, 3.63) is 30.5 Å². The van der Waals surface area contributed by atoms with Crippen molar-refractivity contribution < 1.29 is 0 Å². The molecule has 1 aromatic carbocycles. The van der Waals surface area contributed by atoms with Crippen LogP contribution in [0.25, 0.3) is 10.8 Å². The third kappa shape index (κ3) is 2.76. The molecule has 2 rings (SSSR count). The Bertz CT molecular complexity index is 505. The zero-order chi connectivity index (χ0) is 13.0. The van der Waals surface area contributed by atoms with Gasteiger partial charge >= 0.3 is 0 Å². The third-order valence-corrected chi connectivity index (χ3v) is 3.17. The lowest BCUT2D eigenvalue weighted by Gasteiger charge is -2.22. The van der Waals surface area contributed by atoms with Crippen molar-refractivity contribution in [1.29, 1.82) is 0 Å². The highest BCUT2D eigenvalue weighted by molar-refractivity contribution is 5.90. The van der Waals surface area contributed by atoms with Gasteiger partial charge in [-0.3, -0.25) is 0 Å². The second kappa shape index (κ2) is 5.78. The summed E-state index contributed by atoms with van der Waals surface area (Å²) in [4.78, 5) is 0. The van der Waals surface area contributed by atoms with Crippen LogP contribution in [0.1, 0.15) is 20.3 Å². The molecule has 1 heterocycles. The van der Waals surface area contributed by atoms with E-state index in [0.29, 0.717) is 18.5 Å². The first-order valence-electron chi connectivity index (χ1n) is 6.39. The number of aromatic nitrogens is 2. The zero-order valence-electron chi connectivity index (χ0n) is 10.9. The van der Waals surface area contributed by atoms with E-state index in [1.54, 1.807) is 6.20 Å². The molecule has 1 unspecified atom stereocenters. The van der Waals surface area contributed by atoms with Gasteiger partial charge in [0.15, 0.2) is 5.82 Å². The van der Waals surface area contributed by atoms with Gasteiger partial charge in [0.1, 0.15) is 0 Å². The van der Waals surface area contributed by atoms with Crippen molar-refractivity contribution in [1.82, 2.24) is 10.2 Å². The van der Waals surface area contributed by atoms with Gasteiger partial charge in [0.05, 0.1) is 6.20 Å². The summed E-state index contributed by atoms with van der Waals surface area (Å²) in [5.41, 5.74) is 5.66. The van der Waals surface area contributed by atoms with Gasteiger partial charge in [0.25, 0.3) is 0 Å². The minimum atomic E-state index is 0.329. The topological polar surface area (TPSA) is 63.8 Å². The lowest BCUT2D eigenvalue weighted by atomic mass is 10.0. The number of fused-ring (bicyclic) bond motifs is 1. The maximum absolute atomic E-state index is 5.66. The molecule has 18 heavy (non-hydrogen) atoms. The molecule has 0 saturated heterocycles. The van der Waals surface area contributed by atoms with Crippen LogP contribution >= 0.6 is 0 Å². The second-order valence-corrected chi connectivity index (χ2v) is 4.85. The van der Waals surface area contributed by atoms with Gasteiger partial charge in [-0.25, -0.2) is 0 Å². The van der Waals surface area contributed by atoms with Crippen molar-refractivity contribution in [3.63, 3.8) is 0 Å².